The molecule has 4 nitrogen and oxygen atoms in total. The van der Waals surface area contributed by atoms with E-state index >= 15 is 0 Å². The van der Waals surface area contributed by atoms with E-state index in [-0.39, 0.29) is 0 Å². The smallest absolute Gasteiger partial charge is 0.171 e. The first-order valence-electron chi connectivity index (χ1n) is 9.09. The molecule has 2 N–H and O–H groups in total. The summed E-state index contributed by atoms with van der Waals surface area (Å²) in [6.07, 6.45) is 4.91. The summed E-state index contributed by atoms with van der Waals surface area (Å²) in [6.45, 7) is 2.50. The molecule has 27 heavy (non-hydrogen) atoms. The minimum atomic E-state index is 0.684. The van der Waals surface area contributed by atoms with Gasteiger partial charge in [-0.3, -0.25) is 0 Å². The average molecular weight is 378 g/mol. The maximum Gasteiger partial charge on any atom is 0.171 e. The van der Waals surface area contributed by atoms with Crippen molar-refractivity contribution in [3.8, 4) is 5.75 Å². The molecular formula is C22H22N2O2S. The number of hydrogen-bond acceptors (Lipinski definition) is 5. The lowest BCUT2D eigenvalue weighted by Crippen LogP contribution is -2.17. The SMILES string of the molecule is C1=CSC2=C(c3cccc(OCCCNCc4ccccc4)c3)NOC2=C1. The number of hydrogen-bond donors (Lipinski definition) is 2. The van der Waals surface area contributed by atoms with Crippen molar-refractivity contribution < 1.29 is 9.57 Å². The van der Waals surface area contributed by atoms with Crippen molar-refractivity contribution in [1.82, 2.24) is 10.8 Å². The number of nitrogens with one attached hydrogen (secondary N) is 2. The molecule has 0 fully saturated rings. The number of ether oxygens (including phenoxy) is 1. The van der Waals surface area contributed by atoms with Gasteiger partial charge >= 0.3 is 0 Å². The minimum absolute atomic E-state index is 0.684. The van der Waals surface area contributed by atoms with Crippen molar-refractivity contribution in [2.45, 2.75) is 13.0 Å². The lowest BCUT2D eigenvalue weighted by atomic mass is 10.1. The van der Waals surface area contributed by atoms with E-state index in [2.05, 4.69) is 52.6 Å². The zero-order valence-corrected chi connectivity index (χ0v) is 15.8. The Morgan fingerprint density at radius 2 is 2.00 bits per heavy atom. The van der Waals surface area contributed by atoms with E-state index in [0.29, 0.717) is 6.61 Å². The molecule has 2 aliphatic rings. The zero-order valence-electron chi connectivity index (χ0n) is 15.0. The number of hydroxylamine groups is 1. The Morgan fingerprint density at radius 1 is 1.07 bits per heavy atom. The molecular weight excluding hydrogens is 356 g/mol. The summed E-state index contributed by atoms with van der Waals surface area (Å²) in [4.78, 5) is 6.65. The van der Waals surface area contributed by atoms with Gasteiger partial charge in [-0.25, -0.2) is 5.48 Å². The largest absolute Gasteiger partial charge is 0.494 e. The van der Waals surface area contributed by atoms with Crippen LogP contribution in [0.2, 0.25) is 0 Å². The predicted molar refractivity (Wildman–Crippen MR) is 111 cm³/mol. The third-order valence-corrected chi connectivity index (χ3v) is 5.22. The quantitative estimate of drug-likeness (QED) is 0.658. The fourth-order valence-corrected chi connectivity index (χ4v) is 3.73. The van der Waals surface area contributed by atoms with Gasteiger partial charge in [-0.1, -0.05) is 60.3 Å². The first-order chi connectivity index (χ1) is 13.4. The third-order valence-electron chi connectivity index (χ3n) is 4.29. The number of allylic oxidation sites excluding steroid dienone is 2. The van der Waals surface area contributed by atoms with Crippen LogP contribution in [0.5, 0.6) is 5.75 Å². The molecule has 2 heterocycles. The molecule has 0 bridgehead atoms. The summed E-state index contributed by atoms with van der Waals surface area (Å²) >= 11 is 1.66. The molecule has 2 aromatic carbocycles. The van der Waals surface area contributed by atoms with Crippen LogP contribution >= 0.6 is 11.8 Å². The molecule has 0 unspecified atom stereocenters. The van der Waals surface area contributed by atoms with Gasteiger partial charge < -0.3 is 14.9 Å². The maximum atomic E-state index is 5.93. The Balaban J connectivity index is 1.26. The van der Waals surface area contributed by atoms with E-state index in [9.17, 15) is 0 Å². The summed E-state index contributed by atoms with van der Waals surface area (Å²) in [5.41, 5.74) is 6.39. The number of rotatable bonds is 8. The molecule has 0 aromatic heterocycles. The minimum Gasteiger partial charge on any atom is -0.494 e. The van der Waals surface area contributed by atoms with Gasteiger partial charge in [0.25, 0.3) is 0 Å². The van der Waals surface area contributed by atoms with E-state index in [1.807, 2.05) is 30.4 Å². The second kappa shape index (κ2) is 8.84. The molecule has 0 saturated heterocycles. The summed E-state index contributed by atoms with van der Waals surface area (Å²) in [7, 11) is 0. The van der Waals surface area contributed by atoms with Crippen LogP contribution in [-0.2, 0) is 11.4 Å². The lowest BCUT2D eigenvalue weighted by Gasteiger charge is -2.10. The maximum absolute atomic E-state index is 5.93. The highest BCUT2D eigenvalue weighted by atomic mass is 32.2. The first kappa shape index (κ1) is 17.8. The summed E-state index contributed by atoms with van der Waals surface area (Å²) in [5, 5.41) is 5.50. The predicted octanol–water partition coefficient (Wildman–Crippen LogP) is 4.59. The third kappa shape index (κ3) is 4.56. The monoisotopic (exact) mass is 378 g/mol. The fraction of sp³-hybridized carbons (Fsp3) is 0.182. The summed E-state index contributed by atoms with van der Waals surface area (Å²) in [6, 6.07) is 18.6. The standard InChI is InChI=1S/C22H22N2O2S/c1-2-7-17(8-3-1)16-23-12-6-13-25-19-10-4-9-18(15-19)21-22-20(26-24-21)11-5-14-27-22/h1-5,7-11,14-15,23-24H,6,12-13,16H2. The highest BCUT2D eigenvalue weighted by Crippen LogP contribution is 2.39. The average Bonchev–Trinajstić information content (AvgIpc) is 3.16. The van der Waals surface area contributed by atoms with Crippen LogP contribution in [0.25, 0.3) is 5.70 Å². The molecule has 0 amide bonds. The van der Waals surface area contributed by atoms with Crippen LogP contribution in [0.3, 0.4) is 0 Å². The van der Waals surface area contributed by atoms with Gasteiger partial charge in [0.05, 0.1) is 17.2 Å². The fourth-order valence-electron chi connectivity index (χ4n) is 2.93. The molecule has 0 radical (unpaired) electrons. The normalized spacial score (nSPS) is 15.0. The number of benzene rings is 2. The van der Waals surface area contributed by atoms with E-state index in [0.717, 1.165) is 47.2 Å². The first-order valence-corrected chi connectivity index (χ1v) is 9.97. The van der Waals surface area contributed by atoms with E-state index in [1.165, 1.54) is 5.56 Å². The highest BCUT2D eigenvalue weighted by Gasteiger charge is 2.24. The van der Waals surface area contributed by atoms with Crippen molar-refractivity contribution in [2.75, 3.05) is 13.2 Å². The van der Waals surface area contributed by atoms with E-state index in [1.54, 1.807) is 11.8 Å². The Bertz CT molecular complexity index is 875. The van der Waals surface area contributed by atoms with Crippen LogP contribution in [0, 0.1) is 0 Å². The van der Waals surface area contributed by atoms with Crippen molar-refractivity contribution in [3.63, 3.8) is 0 Å². The van der Waals surface area contributed by atoms with Crippen molar-refractivity contribution in [2.24, 2.45) is 0 Å². The molecule has 0 atom stereocenters. The van der Waals surface area contributed by atoms with Gasteiger partial charge in [-0.2, -0.15) is 0 Å². The number of fused-ring (bicyclic) bond motifs is 1. The zero-order chi connectivity index (χ0) is 18.3. The molecule has 2 aromatic rings. The Morgan fingerprint density at radius 3 is 2.93 bits per heavy atom. The second-order valence-electron chi connectivity index (χ2n) is 6.28. The Kier molecular flexibility index (Phi) is 5.82. The molecule has 0 spiro atoms. The Labute approximate surface area is 163 Å². The molecule has 0 aliphatic carbocycles. The second-order valence-corrected chi connectivity index (χ2v) is 7.19. The Hall–Kier alpha value is -2.63. The molecule has 138 valence electrons. The van der Waals surface area contributed by atoms with Gasteiger partial charge in [0.15, 0.2) is 5.76 Å². The number of thioether (sulfide) groups is 1. The van der Waals surface area contributed by atoms with Crippen molar-refractivity contribution >= 4 is 17.5 Å². The van der Waals surface area contributed by atoms with Gasteiger partial charge in [0.1, 0.15) is 5.75 Å². The van der Waals surface area contributed by atoms with Gasteiger partial charge in [-0.15, -0.1) is 0 Å². The van der Waals surface area contributed by atoms with Crippen LogP contribution in [0.1, 0.15) is 17.5 Å². The van der Waals surface area contributed by atoms with Gasteiger partial charge in [0.2, 0.25) is 0 Å². The van der Waals surface area contributed by atoms with Crippen molar-refractivity contribution in [3.05, 3.63) is 93.9 Å². The van der Waals surface area contributed by atoms with E-state index < -0.39 is 0 Å². The summed E-state index contributed by atoms with van der Waals surface area (Å²) < 4.78 is 5.93. The molecule has 2 aliphatic heterocycles. The van der Waals surface area contributed by atoms with Gasteiger partial charge in [0, 0.05) is 12.1 Å². The van der Waals surface area contributed by atoms with E-state index in [4.69, 9.17) is 9.57 Å². The van der Waals surface area contributed by atoms with Crippen molar-refractivity contribution in [1.29, 1.82) is 0 Å². The highest BCUT2D eigenvalue weighted by molar-refractivity contribution is 8.06. The lowest BCUT2D eigenvalue weighted by molar-refractivity contribution is 0.177. The van der Waals surface area contributed by atoms with Crippen LogP contribution in [-0.4, -0.2) is 13.2 Å². The summed E-state index contributed by atoms with van der Waals surface area (Å²) in [5.74, 6) is 1.74. The van der Waals surface area contributed by atoms with Crippen LogP contribution in [0.4, 0.5) is 0 Å². The molecule has 5 heteroatoms. The van der Waals surface area contributed by atoms with Crippen LogP contribution in [0.15, 0.2) is 82.8 Å². The molecule has 4 rings (SSSR count). The topological polar surface area (TPSA) is 42.5 Å². The van der Waals surface area contributed by atoms with Gasteiger partial charge in [-0.05, 0) is 42.1 Å². The molecule has 0 saturated carbocycles. The van der Waals surface area contributed by atoms with Crippen LogP contribution < -0.4 is 15.5 Å².